The van der Waals surface area contributed by atoms with Gasteiger partial charge in [0.2, 0.25) is 11.8 Å². The summed E-state index contributed by atoms with van der Waals surface area (Å²) in [4.78, 5) is 20.7. The van der Waals surface area contributed by atoms with Crippen molar-refractivity contribution in [2.45, 2.75) is 31.5 Å². The van der Waals surface area contributed by atoms with Gasteiger partial charge in [-0.15, -0.1) is 0 Å². The molecule has 0 saturated heterocycles. The van der Waals surface area contributed by atoms with Crippen molar-refractivity contribution >= 4 is 11.8 Å². The van der Waals surface area contributed by atoms with E-state index in [1.165, 1.54) is 12.2 Å². The molecule has 0 heterocycles. The molecular weight excluding hydrogens is 224 g/mol. The molecule has 0 rings (SSSR count). The quantitative estimate of drug-likeness (QED) is 0.405. The van der Waals surface area contributed by atoms with Crippen LogP contribution in [-0.2, 0) is 9.59 Å². The molecule has 0 aromatic heterocycles. The van der Waals surface area contributed by atoms with E-state index in [-0.39, 0.29) is 0 Å². The highest BCUT2D eigenvalue weighted by molar-refractivity contribution is 5.86. The molecule has 2 atom stereocenters. The van der Waals surface area contributed by atoms with Crippen molar-refractivity contribution in [2.24, 2.45) is 11.5 Å². The van der Waals surface area contributed by atoms with Crippen LogP contribution in [-0.4, -0.2) is 34.2 Å². The van der Waals surface area contributed by atoms with Crippen molar-refractivity contribution in [2.75, 3.05) is 0 Å². The number of rotatable bonds is 8. The van der Waals surface area contributed by atoms with Crippen LogP contribution in [0.3, 0.4) is 0 Å². The molecule has 0 fully saturated rings. The number of amides is 2. The molecular formula is C11H18N2O4. The molecule has 2 unspecified atom stereocenters. The number of primary amides is 2. The van der Waals surface area contributed by atoms with Crippen LogP contribution in [0.1, 0.15) is 19.3 Å². The zero-order valence-electron chi connectivity index (χ0n) is 9.45. The zero-order chi connectivity index (χ0) is 13.3. The Hall–Kier alpha value is -1.66. The third-order valence-electron chi connectivity index (χ3n) is 1.97. The fraction of sp³-hybridized carbons (Fsp3) is 0.455. The van der Waals surface area contributed by atoms with E-state index in [0.717, 1.165) is 12.2 Å². The minimum Gasteiger partial charge on any atom is -0.389 e. The molecule has 0 aromatic carbocycles. The van der Waals surface area contributed by atoms with Crippen LogP contribution in [0.5, 0.6) is 0 Å². The SMILES string of the molecule is NC(=O)C=CC(O)CCCC(O)C=CC(N)=O. The van der Waals surface area contributed by atoms with Crippen molar-refractivity contribution in [3.63, 3.8) is 0 Å². The number of aliphatic hydroxyl groups is 2. The van der Waals surface area contributed by atoms with Gasteiger partial charge in [-0.3, -0.25) is 9.59 Å². The molecule has 0 bridgehead atoms. The Balaban J connectivity index is 3.76. The largest absolute Gasteiger partial charge is 0.389 e. The van der Waals surface area contributed by atoms with E-state index in [9.17, 15) is 19.8 Å². The fourth-order valence-electron chi connectivity index (χ4n) is 1.14. The number of hydrogen-bond acceptors (Lipinski definition) is 4. The summed E-state index contributed by atoms with van der Waals surface area (Å²) in [6.07, 6.45) is 4.57. The Kier molecular flexibility index (Phi) is 7.66. The monoisotopic (exact) mass is 242 g/mol. The van der Waals surface area contributed by atoms with E-state index in [0.29, 0.717) is 19.3 Å². The van der Waals surface area contributed by atoms with Crippen LogP contribution >= 0.6 is 0 Å². The molecule has 0 aliphatic heterocycles. The molecule has 2 amide bonds. The predicted octanol–water partition coefficient (Wildman–Crippen LogP) is -1.04. The zero-order valence-corrected chi connectivity index (χ0v) is 9.45. The number of hydrogen-bond donors (Lipinski definition) is 4. The predicted molar refractivity (Wildman–Crippen MR) is 62.5 cm³/mol. The lowest BCUT2D eigenvalue weighted by molar-refractivity contribution is -0.114. The highest BCUT2D eigenvalue weighted by Crippen LogP contribution is 2.06. The molecule has 0 aliphatic carbocycles. The molecule has 96 valence electrons. The lowest BCUT2D eigenvalue weighted by atomic mass is 10.1. The van der Waals surface area contributed by atoms with Crippen LogP contribution in [0.4, 0.5) is 0 Å². The van der Waals surface area contributed by atoms with Gasteiger partial charge in [0.1, 0.15) is 0 Å². The number of carbonyl (C=O) groups excluding carboxylic acids is 2. The minimum absolute atomic E-state index is 0.394. The van der Waals surface area contributed by atoms with E-state index in [2.05, 4.69) is 0 Å². The summed E-state index contributed by atoms with van der Waals surface area (Å²) in [6.45, 7) is 0. The normalized spacial score (nSPS) is 15.2. The maximum Gasteiger partial charge on any atom is 0.241 e. The second-order valence-corrected chi connectivity index (χ2v) is 3.59. The second kappa shape index (κ2) is 8.49. The molecule has 0 aromatic rings. The van der Waals surface area contributed by atoms with E-state index in [1.54, 1.807) is 0 Å². The highest BCUT2D eigenvalue weighted by Gasteiger charge is 2.03. The Bertz CT molecular complexity index is 283. The third kappa shape index (κ3) is 10.6. The Labute approximate surface area is 99.6 Å². The maximum absolute atomic E-state index is 10.4. The molecule has 0 spiro atoms. The number of aliphatic hydroxyl groups excluding tert-OH is 2. The summed E-state index contributed by atoms with van der Waals surface area (Å²) in [5.41, 5.74) is 9.71. The van der Waals surface area contributed by atoms with Gasteiger partial charge in [-0.1, -0.05) is 12.2 Å². The van der Waals surface area contributed by atoms with Gasteiger partial charge in [0.15, 0.2) is 0 Å². The molecule has 6 N–H and O–H groups in total. The van der Waals surface area contributed by atoms with Crippen molar-refractivity contribution in [3.8, 4) is 0 Å². The van der Waals surface area contributed by atoms with Crippen LogP contribution < -0.4 is 11.5 Å². The lowest BCUT2D eigenvalue weighted by Crippen LogP contribution is -2.11. The van der Waals surface area contributed by atoms with Gasteiger partial charge in [0.05, 0.1) is 12.2 Å². The van der Waals surface area contributed by atoms with Crippen molar-refractivity contribution < 1.29 is 19.8 Å². The molecule has 6 heteroatoms. The first kappa shape index (κ1) is 15.3. The van der Waals surface area contributed by atoms with Gasteiger partial charge in [-0.05, 0) is 19.3 Å². The first-order valence-electron chi connectivity index (χ1n) is 5.23. The summed E-state index contributed by atoms with van der Waals surface area (Å²) in [6, 6.07) is 0. The van der Waals surface area contributed by atoms with Crippen LogP contribution in [0.25, 0.3) is 0 Å². The van der Waals surface area contributed by atoms with E-state index < -0.39 is 24.0 Å². The summed E-state index contributed by atoms with van der Waals surface area (Å²) in [5.74, 6) is -1.23. The topological polar surface area (TPSA) is 127 Å². The molecule has 17 heavy (non-hydrogen) atoms. The summed E-state index contributed by atoms with van der Waals surface area (Å²) < 4.78 is 0. The molecule has 0 radical (unpaired) electrons. The van der Waals surface area contributed by atoms with Gasteiger partial charge in [0, 0.05) is 12.2 Å². The van der Waals surface area contributed by atoms with Crippen molar-refractivity contribution in [1.29, 1.82) is 0 Å². The number of nitrogens with two attached hydrogens (primary N) is 2. The van der Waals surface area contributed by atoms with Crippen LogP contribution in [0.15, 0.2) is 24.3 Å². The average Bonchev–Trinajstić information content (AvgIpc) is 2.23. The molecule has 0 saturated carbocycles. The summed E-state index contributed by atoms with van der Waals surface area (Å²) >= 11 is 0. The van der Waals surface area contributed by atoms with Gasteiger partial charge in [-0.2, -0.15) is 0 Å². The highest BCUT2D eigenvalue weighted by atomic mass is 16.3. The average molecular weight is 242 g/mol. The van der Waals surface area contributed by atoms with Gasteiger partial charge >= 0.3 is 0 Å². The summed E-state index contributed by atoms with van der Waals surface area (Å²) in [5, 5.41) is 18.7. The fourth-order valence-corrected chi connectivity index (χ4v) is 1.14. The third-order valence-corrected chi connectivity index (χ3v) is 1.97. The first-order chi connectivity index (χ1) is 7.91. The van der Waals surface area contributed by atoms with Gasteiger partial charge < -0.3 is 21.7 Å². The Morgan fingerprint density at radius 2 is 1.29 bits per heavy atom. The first-order valence-corrected chi connectivity index (χ1v) is 5.23. The van der Waals surface area contributed by atoms with Gasteiger partial charge in [0.25, 0.3) is 0 Å². The van der Waals surface area contributed by atoms with E-state index in [1.807, 2.05) is 0 Å². The minimum atomic E-state index is -0.769. The lowest BCUT2D eigenvalue weighted by Gasteiger charge is -2.07. The maximum atomic E-state index is 10.4. The van der Waals surface area contributed by atoms with E-state index >= 15 is 0 Å². The van der Waals surface area contributed by atoms with Crippen LogP contribution in [0.2, 0.25) is 0 Å². The van der Waals surface area contributed by atoms with Crippen LogP contribution in [0, 0.1) is 0 Å². The number of carbonyl (C=O) groups is 2. The Morgan fingerprint density at radius 1 is 0.941 bits per heavy atom. The second-order valence-electron chi connectivity index (χ2n) is 3.59. The van der Waals surface area contributed by atoms with E-state index in [4.69, 9.17) is 11.5 Å². The summed E-state index contributed by atoms with van der Waals surface area (Å²) in [7, 11) is 0. The molecule has 6 nitrogen and oxygen atoms in total. The Morgan fingerprint density at radius 3 is 1.59 bits per heavy atom. The van der Waals surface area contributed by atoms with Crippen molar-refractivity contribution in [1.82, 2.24) is 0 Å². The smallest absolute Gasteiger partial charge is 0.241 e. The van der Waals surface area contributed by atoms with Crippen molar-refractivity contribution in [3.05, 3.63) is 24.3 Å². The van der Waals surface area contributed by atoms with Gasteiger partial charge in [-0.25, -0.2) is 0 Å². The standard InChI is InChI=1S/C11H18N2O4/c12-10(16)6-4-8(14)2-1-3-9(15)5-7-11(13)17/h4-9,14-15H,1-3H2,(H2,12,16)(H2,13,17). The molecule has 0 aliphatic rings.